The Bertz CT molecular complexity index is 471. The van der Waals surface area contributed by atoms with Gasteiger partial charge in [0.25, 0.3) is 0 Å². The minimum absolute atomic E-state index is 0.373. The number of carbonyl (C=O) groups is 1. The first-order chi connectivity index (χ1) is 8.96. The number of rotatable bonds is 6. The van der Waals surface area contributed by atoms with Crippen LogP contribution in [0.5, 0.6) is 11.5 Å². The van der Waals surface area contributed by atoms with Crippen LogP contribution in [-0.2, 0) is 17.6 Å². The van der Waals surface area contributed by atoms with Crippen LogP contribution in [0.3, 0.4) is 0 Å². The van der Waals surface area contributed by atoms with Crippen LogP contribution in [0.4, 0.5) is 0 Å². The van der Waals surface area contributed by atoms with Crippen molar-refractivity contribution in [1.29, 1.82) is 0 Å². The summed E-state index contributed by atoms with van der Waals surface area (Å²) in [5.74, 6) is -0.146. The Balaban J connectivity index is 3.34. The van der Waals surface area contributed by atoms with E-state index >= 15 is 0 Å². The third-order valence-electron chi connectivity index (χ3n) is 3.12. The molecule has 0 bridgehead atoms. The molecule has 106 valence electrons. The molecule has 0 aliphatic carbocycles. The molecule has 4 nitrogen and oxygen atoms in total. The number of benzene rings is 1. The topological polar surface area (TPSA) is 55.8 Å². The van der Waals surface area contributed by atoms with Crippen molar-refractivity contribution >= 4 is 17.6 Å². The lowest BCUT2D eigenvalue weighted by Crippen LogP contribution is -2.14. The van der Waals surface area contributed by atoms with Crippen molar-refractivity contribution < 1.29 is 19.4 Å². The molecule has 1 N–H and O–H groups in total. The highest BCUT2D eigenvalue weighted by atomic mass is 35.5. The fraction of sp³-hybridized carbons (Fsp3) is 0.500. The van der Waals surface area contributed by atoms with E-state index in [9.17, 15) is 4.79 Å². The number of carboxylic acid groups (broad SMARTS) is 1. The van der Waals surface area contributed by atoms with Gasteiger partial charge in [-0.1, -0.05) is 25.4 Å². The molecule has 1 atom stereocenters. The molecule has 0 radical (unpaired) electrons. The summed E-state index contributed by atoms with van der Waals surface area (Å²) in [4.78, 5) is 11.0. The third kappa shape index (κ3) is 3.32. The van der Waals surface area contributed by atoms with Gasteiger partial charge in [-0.05, 0) is 18.4 Å². The van der Waals surface area contributed by atoms with Gasteiger partial charge in [-0.3, -0.25) is 4.79 Å². The van der Waals surface area contributed by atoms with E-state index in [4.69, 9.17) is 26.2 Å². The van der Waals surface area contributed by atoms with Crippen molar-refractivity contribution in [1.82, 2.24) is 0 Å². The monoisotopic (exact) mass is 286 g/mol. The highest BCUT2D eigenvalue weighted by Crippen LogP contribution is 2.39. The standard InChI is InChI=1S/C14H19ClO4/c1-5-9-10(6-8(2)14(16)17)11(15)7-12(18-3)13(9)19-4/h7-8H,5-6H2,1-4H3,(H,16,17). The first kappa shape index (κ1) is 15.6. The summed E-state index contributed by atoms with van der Waals surface area (Å²) in [6.07, 6.45) is 1.07. The zero-order valence-electron chi connectivity index (χ0n) is 11.6. The van der Waals surface area contributed by atoms with E-state index in [-0.39, 0.29) is 0 Å². The second kappa shape index (κ2) is 6.66. The van der Waals surface area contributed by atoms with Gasteiger partial charge in [0.2, 0.25) is 0 Å². The molecule has 0 amide bonds. The largest absolute Gasteiger partial charge is 0.493 e. The zero-order valence-corrected chi connectivity index (χ0v) is 12.4. The van der Waals surface area contributed by atoms with Crippen molar-refractivity contribution in [2.24, 2.45) is 5.92 Å². The quantitative estimate of drug-likeness (QED) is 0.872. The van der Waals surface area contributed by atoms with Gasteiger partial charge in [0.1, 0.15) is 0 Å². The molecule has 0 aromatic heterocycles. The van der Waals surface area contributed by atoms with Crippen LogP contribution in [0, 0.1) is 5.92 Å². The Morgan fingerprint density at radius 3 is 2.42 bits per heavy atom. The Hall–Kier alpha value is -1.42. The molecule has 0 aliphatic rings. The molecule has 1 aromatic rings. The van der Waals surface area contributed by atoms with Crippen LogP contribution >= 0.6 is 11.6 Å². The van der Waals surface area contributed by atoms with E-state index in [0.29, 0.717) is 29.4 Å². The lowest BCUT2D eigenvalue weighted by molar-refractivity contribution is -0.141. The van der Waals surface area contributed by atoms with Crippen LogP contribution < -0.4 is 9.47 Å². The molecule has 5 heteroatoms. The van der Waals surface area contributed by atoms with Crippen LogP contribution in [0.2, 0.25) is 5.02 Å². The lowest BCUT2D eigenvalue weighted by atomic mass is 9.94. The number of aliphatic carboxylic acids is 1. The van der Waals surface area contributed by atoms with Gasteiger partial charge >= 0.3 is 5.97 Å². The first-order valence-electron chi connectivity index (χ1n) is 6.11. The van der Waals surface area contributed by atoms with Gasteiger partial charge in [0.05, 0.1) is 20.1 Å². The number of halogens is 1. The van der Waals surface area contributed by atoms with Crippen LogP contribution in [0.1, 0.15) is 25.0 Å². The molecular weight excluding hydrogens is 268 g/mol. The Morgan fingerprint density at radius 2 is 2.00 bits per heavy atom. The predicted molar refractivity (Wildman–Crippen MR) is 74.4 cm³/mol. The van der Waals surface area contributed by atoms with Gasteiger partial charge in [-0.25, -0.2) is 0 Å². The minimum Gasteiger partial charge on any atom is -0.493 e. The summed E-state index contributed by atoms with van der Waals surface area (Å²) < 4.78 is 10.6. The van der Waals surface area contributed by atoms with Gasteiger partial charge in [-0.2, -0.15) is 0 Å². The van der Waals surface area contributed by atoms with Gasteiger partial charge in [0.15, 0.2) is 11.5 Å². The van der Waals surface area contributed by atoms with Crippen molar-refractivity contribution in [3.05, 3.63) is 22.2 Å². The number of hydrogen-bond acceptors (Lipinski definition) is 3. The average molecular weight is 287 g/mol. The van der Waals surface area contributed by atoms with Crippen molar-refractivity contribution in [2.45, 2.75) is 26.7 Å². The summed E-state index contributed by atoms with van der Waals surface area (Å²) in [6, 6.07) is 1.67. The molecule has 1 unspecified atom stereocenters. The molecule has 0 heterocycles. The molecule has 19 heavy (non-hydrogen) atoms. The molecule has 0 saturated carbocycles. The van der Waals surface area contributed by atoms with E-state index in [1.165, 1.54) is 0 Å². The minimum atomic E-state index is -0.840. The lowest BCUT2D eigenvalue weighted by Gasteiger charge is -2.18. The first-order valence-corrected chi connectivity index (χ1v) is 6.49. The zero-order chi connectivity index (χ0) is 14.6. The third-order valence-corrected chi connectivity index (χ3v) is 3.45. The highest BCUT2D eigenvalue weighted by molar-refractivity contribution is 6.31. The fourth-order valence-corrected chi connectivity index (χ4v) is 2.35. The van der Waals surface area contributed by atoms with E-state index in [2.05, 4.69) is 0 Å². The van der Waals surface area contributed by atoms with Gasteiger partial charge < -0.3 is 14.6 Å². The molecular formula is C14H19ClO4. The SMILES string of the molecule is CCc1c(CC(C)C(=O)O)c(Cl)cc(OC)c1OC. The number of carboxylic acids is 1. The van der Waals surface area contributed by atoms with Crippen LogP contribution in [0.15, 0.2) is 6.07 Å². The van der Waals surface area contributed by atoms with E-state index in [0.717, 1.165) is 11.1 Å². The number of methoxy groups -OCH3 is 2. The molecule has 0 saturated heterocycles. The number of hydrogen-bond donors (Lipinski definition) is 1. The maximum Gasteiger partial charge on any atom is 0.306 e. The summed E-state index contributed by atoms with van der Waals surface area (Å²) in [6.45, 7) is 3.64. The predicted octanol–water partition coefficient (Wildman–Crippen LogP) is 3.18. The van der Waals surface area contributed by atoms with Crippen molar-refractivity contribution in [3.63, 3.8) is 0 Å². The van der Waals surface area contributed by atoms with E-state index in [1.54, 1.807) is 27.2 Å². The summed E-state index contributed by atoms with van der Waals surface area (Å²) in [5.41, 5.74) is 1.72. The molecule has 1 rings (SSSR count). The maximum atomic E-state index is 11.0. The maximum absolute atomic E-state index is 11.0. The summed E-state index contributed by atoms with van der Waals surface area (Å²) >= 11 is 6.24. The van der Waals surface area contributed by atoms with Gasteiger partial charge in [-0.15, -0.1) is 0 Å². The highest BCUT2D eigenvalue weighted by Gasteiger charge is 2.21. The van der Waals surface area contributed by atoms with Crippen molar-refractivity contribution in [2.75, 3.05) is 14.2 Å². The van der Waals surface area contributed by atoms with Gasteiger partial charge in [0, 0.05) is 16.7 Å². The molecule has 0 fully saturated rings. The van der Waals surface area contributed by atoms with E-state index < -0.39 is 11.9 Å². The van der Waals surface area contributed by atoms with Crippen LogP contribution in [0.25, 0.3) is 0 Å². The normalized spacial score (nSPS) is 12.1. The summed E-state index contributed by atoms with van der Waals surface area (Å²) in [5, 5.41) is 9.54. The second-order valence-electron chi connectivity index (χ2n) is 4.35. The number of ether oxygens (including phenoxy) is 2. The van der Waals surface area contributed by atoms with E-state index in [1.807, 2.05) is 6.92 Å². The average Bonchev–Trinajstić information content (AvgIpc) is 2.39. The molecule has 1 aromatic carbocycles. The second-order valence-corrected chi connectivity index (χ2v) is 4.76. The molecule has 0 aliphatic heterocycles. The molecule has 0 spiro atoms. The Kier molecular flexibility index (Phi) is 5.48. The summed E-state index contributed by atoms with van der Waals surface area (Å²) in [7, 11) is 3.11. The Labute approximate surface area is 118 Å². The Morgan fingerprint density at radius 1 is 1.37 bits per heavy atom. The van der Waals surface area contributed by atoms with Crippen LogP contribution in [-0.4, -0.2) is 25.3 Å². The van der Waals surface area contributed by atoms with Crippen molar-refractivity contribution in [3.8, 4) is 11.5 Å². The fourth-order valence-electron chi connectivity index (χ4n) is 2.06. The smallest absolute Gasteiger partial charge is 0.306 e.